The maximum Gasteiger partial charge on any atom is 0.256 e. The zero-order chi connectivity index (χ0) is 29.4. The lowest BCUT2D eigenvalue weighted by Gasteiger charge is -2.34. The zero-order valence-corrected chi connectivity index (χ0v) is 23.8. The predicted octanol–water partition coefficient (Wildman–Crippen LogP) is 2.71. The van der Waals surface area contributed by atoms with Gasteiger partial charge in [-0.1, -0.05) is 13.0 Å². The highest BCUT2D eigenvalue weighted by atomic mass is 19.2. The van der Waals surface area contributed by atoms with Crippen molar-refractivity contribution in [1.29, 1.82) is 0 Å². The zero-order valence-electron chi connectivity index (χ0n) is 23.8. The number of hydrogen-bond donors (Lipinski definition) is 2. The number of morpholine rings is 1. The minimum absolute atomic E-state index is 0.0157. The molecular weight excluding hydrogens is 534 g/mol. The Morgan fingerprint density at radius 3 is 2.51 bits per heavy atom. The third-order valence-electron chi connectivity index (χ3n) is 8.47. The van der Waals surface area contributed by atoms with Gasteiger partial charge in [-0.3, -0.25) is 19.2 Å². The molecule has 2 saturated heterocycles. The fraction of sp³-hybridized carbons (Fsp3) is 0.600. The van der Waals surface area contributed by atoms with Crippen molar-refractivity contribution in [3.8, 4) is 0 Å². The number of halogens is 2. The van der Waals surface area contributed by atoms with Crippen molar-refractivity contribution >= 4 is 29.3 Å². The first-order valence-corrected chi connectivity index (χ1v) is 14.5. The summed E-state index contributed by atoms with van der Waals surface area (Å²) in [7, 11) is 0. The van der Waals surface area contributed by atoms with Gasteiger partial charge in [0, 0.05) is 43.6 Å². The van der Waals surface area contributed by atoms with Crippen LogP contribution in [0.4, 0.5) is 14.5 Å². The van der Waals surface area contributed by atoms with Crippen molar-refractivity contribution in [3.63, 3.8) is 0 Å². The molecule has 9 nitrogen and oxygen atoms in total. The number of anilines is 1. The minimum Gasteiger partial charge on any atom is -0.378 e. The summed E-state index contributed by atoms with van der Waals surface area (Å²) in [5.74, 6) is -2.05. The van der Waals surface area contributed by atoms with Crippen molar-refractivity contribution in [2.75, 3.05) is 37.7 Å². The minimum atomic E-state index is -1.96. The molecule has 0 bridgehead atoms. The summed E-state index contributed by atoms with van der Waals surface area (Å²) < 4.78 is 33.9. The van der Waals surface area contributed by atoms with E-state index in [-0.39, 0.29) is 36.3 Å². The van der Waals surface area contributed by atoms with Gasteiger partial charge in [-0.25, -0.2) is 8.78 Å². The number of carbonyl (C=O) groups is 4. The highest BCUT2D eigenvalue weighted by molar-refractivity contribution is 6.08. The molecule has 5 rings (SSSR count). The molecule has 1 saturated carbocycles. The average Bonchev–Trinajstić information content (AvgIpc) is 3.74. The van der Waals surface area contributed by atoms with E-state index >= 15 is 0 Å². The van der Waals surface area contributed by atoms with E-state index in [9.17, 15) is 28.0 Å². The third kappa shape index (κ3) is 6.00. The molecular formula is C30H38F2N4O5. The number of aryl methyl sites for hydroxylation is 1. The number of nitrogens with one attached hydrogen (secondary N) is 2. The van der Waals surface area contributed by atoms with E-state index in [0.29, 0.717) is 44.0 Å². The topological polar surface area (TPSA) is 108 Å². The third-order valence-corrected chi connectivity index (χ3v) is 8.47. The maximum atomic E-state index is 14.7. The van der Waals surface area contributed by atoms with Crippen molar-refractivity contribution < 1.29 is 32.7 Å². The van der Waals surface area contributed by atoms with Crippen molar-refractivity contribution in [2.45, 2.75) is 76.8 Å². The molecule has 1 aromatic carbocycles. The van der Waals surface area contributed by atoms with E-state index in [2.05, 4.69) is 10.6 Å². The van der Waals surface area contributed by atoms with Crippen LogP contribution in [0.15, 0.2) is 23.8 Å². The molecule has 3 aliphatic heterocycles. The fourth-order valence-corrected chi connectivity index (χ4v) is 6.25. The second-order valence-corrected chi connectivity index (χ2v) is 11.6. The van der Waals surface area contributed by atoms with E-state index < -0.39 is 42.2 Å². The van der Waals surface area contributed by atoms with Gasteiger partial charge in [0.1, 0.15) is 6.17 Å². The van der Waals surface area contributed by atoms with Gasteiger partial charge < -0.3 is 25.2 Å². The number of hydrogen-bond acceptors (Lipinski definition) is 5. The lowest BCUT2D eigenvalue weighted by Crippen LogP contribution is -2.54. The molecule has 1 aliphatic carbocycles. The standard InChI is InChI=1S/C30H38F2N4O5/c1-4-20-22(14-24(37)34-27(20)26(32)17(3)31)29(39)33-19-13-25(38)36(15-19)28-21(18-5-6-18)11-16(2)12-23(28)30(40)35-7-9-41-10-8-35/h11-12,14,17-20,26-27H,4-10,13,15H2,1-3H3,(H,33,39)(H,34,37)/t17?,19-,20?,26?,27?/m1/s1. The molecule has 4 unspecified atom stereocenters. The van der Waals surface area contributed by atoms with E-state index in [1.807, 2.05) is 19.1 Å². The number of alkyl halides is 2. The molecule has 3 fully saturated rings. The number of nitrogens with zero attached hydrogens (tertiary/aromatic N) is 2. The Morgan fingerprint density at radius 2 is 1.88 bits per heavy atom. The van der Waals surface area contributed by atoms with Gasteiger partial charge in [0.15, 0.2) is 6.17 Å². The molecule has 0 spiro atoms. The fourth-order valence-electron chi connectivity index (χ4n) is 6.25. The highest BCUT2D eigenvalue weighted by Gasteiger charge is 2.43. The normalized spacial score (nSPS) is 26.4. The van der Waals surface area contributed by atoms with Crippen molar-refractivity contribution in [1.82, 2.24) is 15.5 Å². The first kappa shape index (κ1) is 29.2. The van der Waals surface area contributed by atoms with Crippen LogP contribution in [0.5, 0.6) is 0 Å². The summed E-state index contributed by atoms with van der Waals surface area (Å²) in [6.07, 6.45) is -0.361. The Bertz CT molecular complexity index is 1260. The number of carbonyl (C=O) groups excluding carboxylic acids is 4. The van der Waals surface area contributed by atoms with Gasteiger partial charge in [-0.2, -0.15) is 0 Å². The average molecular weight is 573 g/mol. The highest BCUT2D eigenvalue weighted by Crippen LogP contribution is 2.47. The summed E-state index contributed by atoms with van der Waals surface area (Å²) >= 11 is 0. The van der Waals surface area contributed by atoms with Gasteiger partial charge in [0.25, 0.3) is 5.91 Å². The van der Waals surface area contributed by atoms with Gasteiger partial charge in [-0.15, -0.1) is 0 Å². The Morgan fingerprint density at radius 1 is 1.17 bits per heavy atom. The van der Waals surface area contributed by atoms with Crippen LogP contribution in [0.2, 0.25) is 0 Å². The number of benzene rings is 1. The Hall–Kier alpha value is -3.34. The van der Waals surface area contributed by atoms with Crippen LogP contribution in [0.1, 0.15) is 66.9 Å². The summed E-state index contributed by atoms with van der Waals surface area (Å²) in [4.78, 5) is 56.2. The molecule has 0 aromatic heterocycles. The Labute approximate surface area is 238 Å². The first-order chi connectivity index (χ1) is 19.6. The molecule has 5 atom stereocenters. The molecule has 2 N–H and O–H groups in total. The Balaban J connectivity index is 1.39. The first-order valence-electron chi connectivity index (χ1n) is 14.5. The molecule has 11 heteroatoms. The molecule has 222 valence electrons. The smallest absolute Gasteiger partial charge is 0.256 e. The Kier molecular flexibility index (Phi) is 8.45. The summed E-state index contributed by atoms with van der Waals surface area (Å²) in [6, 6.07) is 2.12. The lowest BCUT2D eigenvalue weighted by atomic mass is 9.82. The maximum absolute atomic E-state index is 14.7. The van der Waals surface area contributed by atoms with Crippen LogP contribution in [-0.4, -0.2) is 85.8 Å². The predicted molar refractivity (Wildman–Crippen MR) is 148 cm³/mol. The van der Waals surface area contributed by atoms with Gasteiger partial charge in [0.2, 0.25) is 17.7 Å². The van der Waals surface area contributed by atoms with Crippen LogP contribution in [0.3, 0.4) is 0 Å². The van der Waals surface area contributed by atoms with Crippen molar-refractivity contribution in [2.24, 2.45) is 5.92 Å². The second-order valence-electron chi connectivity index (χ2n) is 11.6. The molecule has 3 heterocycles. The van der Waals surface area contributed by atoms with Crippen LogP contribution in [0.25, 0.3) is 0 Å². The van der Waals surface area contributed by atoms with Gasteiger partial charge in [0.05, 0.1) is 36.5 Å². The molecule has 41 heavy (non-hydrogen) atoms. The van der Waals surface area contributed by atoms with Crippen LogP contribution < -0.4 is 15.5 Å². The molecule has 0 radical (unpaired) electrons. The summed E-state index contributed by atoms with van der Waals surface area (Å²) in [6.45, 7) is 6.79. The lowest BCUT2D eigenvalue weighted by molar-refractivity contribution is -0.123. The van der Waals surface area contributed by atoms with Gasteiger partial charge in [-0.05, 0) is 56.2 Å². The van der Waals surface area contributed by atoms with E-state index in [0.717, 1.165) is 37.0 Å². The van der Waals surface area contributed by atoms with Gasteiger partial charge >= 0.3 is 0 Å². The summed E-state index contributed by atoms with van der Waals surface area (Å²) in [5.41, 5.74) is 3.07. The van der Waals surface area contributed by atoms with Crippen LogP contribution in [0, 0.1) is 12.8 Å². The van der Waals surface area contributed by atoms with E-state index in [4.69, 9.17) is 4.74 Å². The van der Waals surface area contributed by atoms with Crippen LogP contribution >= 0.6 is 0 Å². The number of rotatable bonds is 8. The molecule has 4 aliphatic rings. The molecule has 1 aromatic rings. The largest absolute Gasteiger partial charge is 0.378 e. The van der Waals surface area contributed by atoms with Crippen molar-refractivity contribution in [3.05, 3.63) is 40.5 Å². The van der Waals surface area contributed by atoms with E-state index in [1.165, 1.54) is 0 Å². The number of ether oxygens (including phenoxy) is 1. The second kappa shape index (κ2) is 11.9. The summed E-state index contributed by atoms with van der Waals surface area (Å²) in [5, 5.41) is 5.33. The van der Waals surface area contributed by atoms with E-state index in [1.54, 1.807) is 16.7 Å². The number of amides is 4. The SMILES string of the molecule is CCC1C(C(=O)N[C@@H]2CC(=O)N(c3c(C(=O)N4CCOCC4)cc(C)cc3C3CC3)C2)=CC(=O)NC1C(F)C(C)F. The monoisotopic (exact) mass is 572 g/mol. The quantitative estimate of drug-likeness (QED) is 0.498. The van der Waals surface area contributed by atoms with Crippen LogP contribution in [-0.2, 0) is 19.1 Å². The molecule has 4 amide bonds.